The van der Waals surface area contributed by atoms with Crippen molar-refractivity contribution in [1.29, 1.82) is 0 Å². The van der Waals surface area contributed by atoms with Gasteiger partial charge in [0.15, 0.2) is 0 Å². The number of aryl methyl sites for hydroxylation is 1. The van der Waals surface area contributed by atoms with Crippen molar-refractivity contribution in [2.45, 2.75) is 44.2 Å². The van der Waals surface area contributed by atoms with Gasteiger partial charge >= 0.3 is 0 Å². The van der Waals surface area contributed by atoms with Gasteiger partial charge in [-0.15, -0.1) is 0 Å². The van der Waals surface area contributed by atoms with E-state index in [1.807, 2.05) is 41.0 Å². The number of rotatable bonds is 9. The number of sulfonamides is 1. The highest BCUT2D eigenvalue weighted by atomic mass is 32.2. The maximum Gasteiger partial charge on any atom is 0.277 e. The van der Waals surface area contributed by atoms with Crippen LogP contribution in [0, 0.1) is 5.82 Å². The summed E-state index contributed by atoms with van der Waals surface area (Å²) >= 11 is 0. The number of nitrogens with two attached hydrogens (primary N) is 1. The molecule has 0 radical (unpaired) electrons. The van der Waals surface area contributed by atoms with E-state index >= 15 is 4.39 Å². The molecule has 0 spiro atoms. The highest BCUT2D eigenvalue weighted by Gasteiger charge is 2.19. The monoisotopic (exact) mass is 544 g/mol. The Bertz CT molecular complexity index is 1810. The van der Waals surface area contributed by atoms with Crippen LogP contribution in [0.25, 0.3) is 22.2 Å². The number of pyridine rings is 1. The van der Waals surface area contributed by atoms with Crippen LogP contribution < -0.4 is 10.7 Å². The third-order valence-electron chi connectivity index (χ3n) is 6.79. The van der Waals surface area contributed by atoms with E-state index in [9.17, 15) is 13.2 Å². The van der Waals surface area contributed by atoms with Crippen molar-refractivity contribution in [2.75, 3.05) is 0 Å². The Morgan fingerprint density at radius 2 is 1.69 bits per heavy atom. The Morgan fingerprint density at radius 1 is 0.949 bits per heavy atom. The van der Waals surface area contributed by atoms with Crippen molar-refractivity contribution in [3.05, 3.63) is 118 Å². The van der Waals surface area contributed by atoms with Gasteiger partial charge in [-0.05, 0) is 35.7 Å². The summed E-state index contributed by atoms with van der Waals surface area (Å²) in [6, 6.07) is 22.4. The number of imidazole rings is 1. The molecule has 0 saturated carbocycles. The lowest BCUT2D eigenvalue weighted by Crippen LogP contribution is -2.23. The van der Waals surface area contributed by atoms with Gasteiger partial charge in [-0.25, -0.2) is 22.9 Å². The summed E-state index contributed by atoms with van der Waals surface area (Å²) in [7, 11) is -3.99. The Morgan fingerprint density at radius 3 is 2.41 bits per heavy atom. The minimum Gasteiger partial charge on any atom is -0.319 e. The third kappa shape index (κ3) is 5.55. The SMILES string of the molecule is CCCCc1nc2ccn(Cc3ccccc3)c(=O)c2n1Cc1ccc(-c2ccccc2S(N)(=O)=O)cc1F. The van der Waals surface area contributed by atoms with Crippen LogP contribution in [0.2, 0.25) is 0 Å². The van der Waals surface area contributed by atoms with Crippen molar-refractivity contribution in [3.63, 3.8) is 0 Å². The van der Waals surface area contributed by atoms with Gasteiger partial charge in [-0.1, -0.05) is 74.0 Å². The number of benzene rings is 3. The molecule has 5 rings (SSSR count). The number of hydrogen-bond donors (Lipinski definition) is 1. The average Bonchev–Trinajstić information content (AvgIpc) is 3.28. The Balaban J connectivity index is 1.57. The molecule has 9 heteroatoms. The zero-order valence-corrected chi connectivity index (χ0v) is 22.4. The molecule has 200 valence electrons. The van der Waals surface area contributed by atoms with E-state index in [4.69, 9.17) is 10.1 Å². The van der Waals surface area contributed by atoms with Crippen molar-refractivity contribution in [2.24, 2.45) is 5.14 Å². The predicted molar refractivity (Wildman–Crippen MR) is 150 cm³/mol. The Hall–Kier alpha value is -4.08. The van der Waals surface area contributed by atoms with Crippen LogP contribution in [0.15, 0.2) is 94.7 Å². The average molecular weight is 545 g/mol. The van der Waals surface area contributed by atoms with Crippen LogP contribution in [0.5, 0.6) is 0 Å². The van der Waals surface area contributed by atoms with Crippen LogP contribution in [0.1, 0.15) is 36.7 Å². The maximum absolute atomic E-state index is 15.5. The molecule has 3 aromatic carbocycles. The molecule has 0 fully saturated rings. The molecule has 0 aliphatic rings. The lowest BCUT2D eigenvalue weighted by atomic mass is 10.0. The molecule has 0 aliphatic carbocycles. The fourth-order valence-electron chi connectivity index (χ4n) is 4.79. The molecular weight excluding hydrogens is 515 g/mol. The topological polar surface area (TPSA) is 100.0 Å². The molecule has 0 atom stereocenters. The van der Waals surface area contributed by atoms with Crippen molar-refractivity contribution in [3.8, 4) is 11.1 Å². The minimum atomic E-state index is -3.99. The zero-order valence-electron chi connectivity index (χ0n) is 21.5. The lowest BCUT2D eigenvalue weighted by Gasteiger charge is -2.13. The van der Waals surface area contributed by atoms with Crippen LogP contribution in [-0.2, 0) is 29.5 Å². The van der Waals surface area contributed by atoms with E-state index in [0.29, 0.717) is 40.7 Å². The molecule has 7 nitrogen and oxygen atoms in total. The second kappa shape index (κ2) is 11.0. The number of hydrogen-bond acceptors (Lipinski definition) is 4. The molecular formula is C30H29FN4O3S. The summed E-state index contributed by atoms with van der Waals surface area (Å²) in [6.07, 6.45) is 4.24. The molecule has 2 aromatic heterocycles. The number of aromatic nitrogens is 3. The van der Waals surface area contributed by atoms with E-state index in [1.165, 1.54) is 12.1 Å². The number of fused-ring (bicyclic) bond motifs is 1. The second-order valence-corrected chi connectivity index (χ2v) is 11.1. The molecule has 0 unspecified atom stereocenters. The maximum atomic E-state index is 15.5. The van der Waals surface area contributed by atoms with Gasteiger partial charge in [0, 0.05) is 23.7 Å². The van der Waals surface area contributed by atoms with Gasteiger partial charge in [0.05, 0.1) is 23.5 Å². The van der Waals surface area contributed by atoms with E-state index < -0.39 is 15.8 Å². The number of nitrogens with zero attached hydrogens (tertiary/aromatic N) is 3. The number of unbranched alkanes of at least 4 members (excludes halogenated alkanes) is 1. The van der Waals surface area contributed by atoms with Gasteiger partial charge in [-0.3, -0.25) is 4.79 Å². The standard InChI is InChI=1S/C30H29FN4O3S/c1-2-3-13-28-33-26-16-17-34(19-21-9-5-4-6-10-21)30(36)29(26)35(28)20-23-15-14-22(18-25(23)31)24-11-7-8-12-27(24)39(32,37)38/h4-12,14-18H,2-3,13,19-20H2,1H3,(H2,32,37,38). The van der Waals surface area contributed by atoms with Gasteiger partial charge in [0.25, 0.3) is 5.56 Å². The predicted octanol–water partition coefficient (Wildman–Crippen LogP) is 5.09. The summed E-state index contributed by atoms with van der Waals surface area (Å²) in [4.78, 5) is 18.3. The zero-order chi connectivity index (χ0) is 27.6. The first-order valence-electron chi connectivity index (χ1n) is 12.8. The van der Waals surface area contributed by atoms with E-state index in [2.05, 4.69) is 6.92 Å². The first-order valence-corrected chi connectivity index (χ1v) is 14.3. The highest BCUT2D eigenvalue weighted by Crippen LogP contribution is 2.29. The molecule has 5 aromatic rings. The van der Waals surface area contributed by atoms with Crippen LogP contribution in [-0.4, -0.2) is 22.5 Å². The number of primary sulfonamides is 1. The Labute approximate surface area is 226 Å². The summed E-state index contributed by atoms with van der Waals surface area (Å²) in [6.45, 7) is 2.61. The molecule has 0 bridgehead atoms. The molecule has 0 aliphatic heterocycles. The van der Waals surface area contributed by atoms with E-state index in [-0.39, 0.29) is 17.0 Å². The molecule has 2 N–H and O–H groups in total. The van der Waals surface area contributed by atoms with Gasteiger partial charge in [0.2, 0.25) is 10.0 Å². The van der Waals surface area contributed by atoms with E-state index in [0.717, 1.165) is 24.2 Å². The largest absolute Gasteiger partial charge is 0.319 e. The Kier molecular flexibility index (Phi) is 7.45. The minimum absolute atomic E-state index is 0.0708. The van der Waals surface area contributed by atoms with Crippen molar-refractivity contribution in [1.82, 2.24) is 14.1 Å². The van der Waals surface area contributed by atoms with Crippen LogP contribution in [0.3, 0.4) is 0 Å². The van der Waals surface area contributed by atoms with Crippen LogP contribution in [0.4, 0.5) is 4.39 Å². The van der Waals surface area contributed by atoms with Crippen molar-refractivity contribution >= 4 is 21.1 Å². The van der Waals surface area contributed by atoms with Gasteiger partial charge in [-0.2, -0.15) is 0 Å². The van der Waals surface area contributed by atoms with Crippen molar-refractivity contribution < 1.29 is 12.8 Å². The van der Waals surface area contributed by atoms with E-state index in [1.54, 1.807) is 41.1 Å². The summed E-state index contributed by atoms with van der Waals surface area (Å²) in [5.41, 5.74) is 2.90. The first kappa shape index (κ1) is 26.5. The van der Waals surface area contributed by atoms with Gasteiger partial charge in [0.1, 0.15) is 17.2 Å². The fourth-order valence-corrected chi connectivity index (χ4v) is 5.55. The molecule has 39 heavy (non-hydrogen) atoms. The second-order valence-electron chi connectivity index (χ2n) is 9.53. The van der Waals surface area contributed by atoms with Gasteiger partial charge < -0.3 is 9.13 Å². The quantitative estimate of drug-likeness (QED) is 0.279. The molecule has 0 saturated heterocycles. The molecule has 0 amide bonds. The summed E-state index contributed by atoms with van der Waals surface area (Å²) < 4.78 is 43.1. The lowest BCUT2D eigenvalue weighted by molar-refractivity contribution is 0.593. The fraction of sp³-hybridized carbons (Fsp3) is 0.200. The summed E-state index contributed by atoms with van der Waals surface area (Å²) in [5, 5.41) is 5.37. The highest BCUT2D eigenvalue weighted by molar-refractivity contribution is 7.89. The van der Waals surface area contributed by atoms with Crippen LogP contribution >= 0.6 is 0 Å². The first-order chi connectivity index (χ1) is 18.8. The number of halogens is 1. The normalized spacial score (nSPS) is 11.8. The smallest absolute Gasteiger partial charge is 0.277 e. The third-order valence-corrected chi connectivity index (χ3v) is 7.75. The summed E-state index contributed by atoms with van der Waals surface area (Å²) in [5.74, 6) is 0.213. The molecule has 2 heterocycles.